The monoisotopic (exact) mass is 1050 g/mol. The first-order valence-corrected chi connectivity index (χ1v) is 26.5. The number of benzene rings is 6. The number of rotatable bonds is 16. The minimum atomic E-state index is -0.130. The Balaban J connectivity index is 0.000000176. The fourth-order valence-electron chi connectivity index (χ4n) is 10.5. The van der Waals surface area contributed by atoms with Gasteiger partial charge in [0.05, 0.1) is 31.9 Å². The van der Waals surface area contributed by atoms with Gasteiger partial charge in [-0.15, -0.1) is 0 Å². The van der Waals surface area contributed by atoms with Gasteiger partial charge in [0.15, 0.2) is 6.19 Å². The Morgan fingerprint density at radius 1 is 0.641 bits per heavy atom. The van der Waals surface area contributed by atoms with Crippen molar-refractivity contribution in [3.63, 3.8) is 0 Å². The van der Waals surface area contributed by atoms with Crippen molar-refractivity contribution >= 4 is 23.9 Å². The van der Waals surface area contributed by atoms with Gasteiger partial charge in [-0.2, -0.15) is 10.5 Å². The zero-order chi connectivity index (χ0) is 54.8. The number of hydrogen-bond acceptors (Lipinski definition) is 14. The second-order valence-electron chi connectivity index (χ2n) is 19.3. The number of hydrogen-bond donors (Lipinski definition) is 5. The number of ether oxygens (including phenoxy) is 4. The van der Waals surface area contributed by atoms with Crippen molar-refractivity contribution in [1.29, 1.82) is 10.5 Å². The molecule has 0 unspecified atom stereocenters. The summed E-state index contributed by atoms with van der Waals surface area (Å²) in [6, 6.07) is 54.6. The van der Waals surface area contributed by atoms with E-state index in [1.807, 2.05) is 85.1 Å². The van der Waals surface area contributed by atoms with Gasteiger partial charge in [-0.1, -0.05) is 126 Å². The van der Waals surface area contributed by atoms with Gasteiger partial charge in [0.25, 0.3) is 11.8 Å². The maximum absolute atomic E-state index is 13.0. The predicted octanol–water partition coefficient (Wildman–Crippen LogP) is 8.88. The van der Waals surface area contributed by atoms with Crippen LogP contribution < -0.4 is 45.9 Å². The van der Waals surface area contributed by atoms with Gasteiger partial charge in [-0.25, -0.2) is 0 Å². The number of guanidine groups is 1. The van der Waals surface area contributed by atoms with Crippen LogP contribution in [0, 0.1) is 22.9 Å². The van der Waals surface area contributed by atoms with E-state index in [0.717, 1.165) is 71.0 Å². The van der Waals surface area contributed by atoms with Gasteiger partial charge >= 0.3 is 6.08 Å². The number of carbonyl (C=O) groups is 2. The highest BCUT2D eigenvalue weighted by molar-refractivity contribution is 5.97. The van der Waals surface area contributed by atoms with Crippen molar-refractivity contribution in [3.05, 3.63) is 192 Å². The quantitative estimate of drug-likeness (QED) is 0.0266. The lowest BCUT2D eigenvalue weighted by molar-refractivity contribution is 0.0920. The zero-order valence-electron chi connectivity index (χ0n) is 44.5. The first-order valence-electron chi connectivity index (χ1n) is 26.5. The lowest BCUT2D eigenvalue weighted by atomic mass is 9.68. The van der Waals surface area contributed by atoms with Crippen LogP contribution in [0.4, 0.5) is 0 Å². The molecule has 0 aromatic heterocycles. The molecule has 2 aliphatic carbocycles. The van der Waals surface area contributed by atoms with Gasteiger partial charge in [0, 0.05) is 55.6 Å². The Hall–Kier alpha value is -8.70. The minimum absolute atomic E-state index is 0.0418. The third kappa shape index (κ3) is 15.7. The number of nitrogens with zero attached hydrogens (tertiary/aromatic N) is 5. The molecule has 16 heteroatoms. The highest BCUT2D eigenvalue weighted by Crippen LogP contribution is 2.42. The molecule has 0 bridgehead atoms. The summed E-state index contributed by atoms with van der Waals surface area (Å²) in [5.41, 5.74) is 9.13. The number of nitrogens with one attached hydrogen (secondary N) is 4. The molecule has 6 aromatic rings. The molecule has 2 amide bonds. The average molecular weight is 1050 g/mol. The molecule has 404 valence electrons. The van der Waals surface area contributed by atoms with Crippen LogP contribution in [0.2, 0.25) is 0 Å². The SMILES string of the molecule is COc1ccccc1C(=O)NCC1(c2ccccc2)CCC(N2CCN=C2NC#N)CC1.COc1ccccc1C(=O)NCC1(c2ccccc2)CCC(NCCN)CC1.N#CN=C(Oc1ccccc1)Oc1ccccc1. The topological polar surface area (TPSA) is 221 Å². The highest BCUT2D eigenvalue weighted by Gasteiger charge is 2.41. The van der Waals surface area contributed by atoms with E-state index in [2.05, 4.69) is 84.7 Å². The molecular weight excluding hydrogens is 981 g/mol. The first kappa shape index (κ1) is 57.0. The lowest BCUT2D eigenvalue weighted by Gasteiger charge is -2.43. The van der Waals surface area contributed by atoms with Crippen LogP contribution in [0.25, 0.3) is 0 Å². The zero-order valence-corrected chi connectivity index (χ0v) is 44.5. The number of amides is 2. The van der Waals surface area contributed by atoms with E-state index in [-0.39, 0.29) is 28.7 Å². The van der Waals surface area contributed by atoms with Crippen molar-refractivity contribution in [1.82, 2.24) is 26.2 Å². The van der Waals surface area contributed by atoms with Gasteiger partial charge < -0.3 is 45.5 Å². The molecule has 2 fully saturated rings. The van der Waals surface area contributed by atoms with Gasteiger partial charge in [0.2, 0.25) is 12.2 Å². The molecule has 0 radical (unpaired) electrons. The number of nitrogens with two attached hydrogens (primary N) is 1. The number of aliphatic imine (C=N–C) groups is 2. The molecule has 6 N–H and O–H groups in total. The van der Waals surface area contributed by atoms with Crippen LogP contribution in [0.5, 0.6) is 23.0 Å². The largest absolute Gasteiger partial charge is 0.496 e. The number of methoxy groups -OCH3 is 2. The highest BCUT2D eigenvalue weighted by atomic mass is 16.7. The number of nitriles is 2. The summed E-state index contributed by atoms with van der Waals surface area (Å²) < 4.78 is 21.4. The maximum Gasteiger partial charge on any atom is 0.410 e. The van der Waals surface area contributed by atoms with Gasteiger partial charge in [-0.3, -0.25) is 19.9 Å². The molecule has 6 aromatic carbocycles. The van der Waals surface area contributed by atoms with Crippen molar-refractivity contribution in [3.8, 4) is 35.4 Å². The molecular formula is C62H70N10O6. The number of para-hydroxylation sites is 4. The summed E-state index contributed by atoms with van der Waals surface area (Å²) in [4.78, 5) is 36.0. The molecule has 0 spiro atoms. The second-order valence-corrected chi connectivity index (χ2v) is 19.3. The molecule has 3 aliphatic rings. The van der Waals surface area contributed by atoms with E-state index >= 15 is 0 Å². The molecule has 1 heterocycles. The summed E-state index contributed by atoms with van der Waals surface area (Å²) in [6.45, 7) is 4.27. The molecule has 16 nitrogen and oxygen atoms in total. The maximum atomic E-state index is 13.0. The van der Waals surface area contributed by atoms with Gasteiger partial charge in [0.1, 0.15) is 23.0 Å². The Bertz CT molecular complexity index is 2910. The summed E-state index contributed by atoms with van der Waals surface area (Å²) >= 11 is 0. The fraction of sp³-hybridized carbons (Fsp3) is 0.323. The molecule has 78 heavy (non-hydrogen) atoms. The van der Waals surface area contributed by atoms with Crippen LogP contribution >= 0.6 is 0 Å². The Morgan fingerprint density at radius 3 is 1.51 bits per heavy atom. The lowest BCUT2D eigenvalue weighted by Crippen LogP contribution is -2.50. The van der Waals surface area contributed by atoms with Crippen LogP contribution in [0.15, 0.2) is 180 Å². The van der Waals surface area contributed by atoms with E-state index in [1.165, 1.54) is 11.1 Å². The van der Waals surface area contributed by atoms with Crippen molar-refractivity contribution < 1.29 is 28.5 Å². The summed E-state index contributed by atoms with van der Waals surface area (Å²) in [5.74, 6) is 2.78. The van der Waals surface area contributed by atoms with E-state index in [9.17, 15) is 9.59 Å². The first-order chi connectivity index (χ1) is 38.2. The predicted molar refractivity (Wildman–Crippen MR) is 303 cm³/mol. The molecule has 0 saturated heterocycles. The summed E-state index contributed by atoms with van der Waals surface area (Å²) in [6.07, 6.45) is 11.6. The Labute approximate surface area is 458 Å². The minimum Gasteiger partial charge on any atom is -0.496 e. The van der Waals surface area contributed by atoms with Crippen LogP contribution in [-0.2, 0) is 10.8 Å². The van der Waals surface area contributed by atoms with Crippen LogP contribution in [-0.4, -0.2) is 94.3 Å². The summed E-state index contributed by atoms with van der Waals surface area (Å²) in [5, 5.41) is 30.2. The molecule has 2 saturated carbocycles. The van der Waals surface area contributed by atoms with Crippen molar-refractivity contribution in [2.75, 3.05) is 53.5 Å². The Kier molecular flexibility index (Phi) is 21.6. The Morgan fingerprint density at radius 2 is 1.08 bits per heavy atom. The van der Waals surface area contributed by atoms with Gasteiger partial charge in [-0.05, 0) is 111 Å². The number of carbonyl (C=O) groups excluding carboxylic acids is 2. The van der Waals surface area contributed by atoms with Crippen molar-refractivity contribution in [2.45, 2.75) is 74.3 Å². The third-order valence-corrected chi connectivity index (χ3v) is 14.6. The van der Waals surface area contributed by atoms with Crippen molar-refractivity contribution in [2.24, 2.45) is 15.7 Å². The van der Waals surface area contributed by atoms with E-state index < -0.39 is 0 Å². The molecule has 0 atom stereocenters. The van der Waals surface area contributed by atoms with E-state index in [4.69, 9.17) is 35.2 Å². The molecule has 9 rings (SSSR count). The third-order valence-electron chi connectivity index (χ3n) is 14.6. The normalized spacial score (nSPS) is 19.2. The fourth-order valence-corrected chi connectivity index (χ4v) is 10.5. The van der Waals surface area contributed by atoms with E-state index in [0.29, 0.717) is 71.8 Å². The smallest absolute Gasteiger partial charge is 0.410 e. The summed E-state index contributed by atoms with van der Waals surface area (Å²) in [7, 11) is 3.17. The van der Waals surface area contributed by atoms with Crippen LogP contribution in [0.1, 0.15) is 83.2 Å². The van der Waals surface area contributed by atoms with Crippen LogP contribution in [0.3, 0.4) is 0 Å². The van der Waals surface area contributed by atoms with E-state index in [1.54, 1.807) is 62.9 Å². The second kappa shape index (κ2) is 29.6. The standard InChI is InChI=1S/C25H29N5O2.C23H31N3O2.C14H10N2O2/c1-32-22-10-6-5-9-21(22)23(31)28-17-25(19-7-3-2-4-8-19)13-11-20(12-14-25)30-16-15-27-24(30)29-18-26;1-28-21-10-6-5-9-20(21)22(27)26-17-23(18-7-3-2-4-8-18)13-11-19(12-14-23)25-16-15-24;15-11-16-14(17-12-7-3-1-4-8-12)18-13-9-5-2-6-10-13/h2-10,20H,11-17H2,1H3,(H,27,29)(H,28,31);2-10,19,25H,11-17,24H2,1H3,(H,26,27);1-10H. The average Bonchev–Trinajstić information content (AvgIpc) is 4.02. The molecule has 1 aliphatic heterocycles.